The van der Waals surface area contributed by atoms with Crippen molar-refractivity contribution < 1.29 is 14.3 Å². The van der Waals surface area contributed by atoms with Gasteiger partial charge in [0.05, 0.1) is 18.9 Å². The van der Waals surface area contributed by atoms with Crippen LogP contribution in [0.3, 0.4) is 0 Å². The van der Waals surface area contributed by atoms with Crippen LogP contribution in [0.1, 0.15) is 13.8 Å². The predicted octanol–water partition coefficient (Wildman–Crippen LogP) is 2.06. The third-order valence-corrected chi connectivity index (χ3v) is 1.90. The van der Waals surface area contributed by atoms with E-state index in [1.165, 1.54) is 0 Å². The molecule has 4 nitrogen and oxygen atoms in total. The summed E-state index contributed by atoms with van der Waals surface area (Å²) in [5.41, 5.74) is 0.783. The molecule has 0 radical (unpaired) electrons. The highest BCUT2D eigenvalue weighted by Gasteiger charge is 2.06. The molecule has 0 unspecified atom stereocenters. The van der Waals surface area contributed by atoms with Crippen molar-refractivity contribution in [3.05, 3.63) is 24.3 Å². The van der Waals surface area contributed by atoms with Crippen LogP contribution in [0.2, 0.25) is 0 Å². The molecule has 0 bridgehead atoms. The number of para-hydroxylation sites is 2. The van der Waals surface area contributed by atoms with Gasteiger partial charge in [-0.2, -0.15) is 0 Å². The van der Waals surface area contributed by atoms with E-state index in [0.29, 0.717) is 5.75 Å². The molecule has 0 fully saturated rings. The number of rotatable bonds is 5. The summed E-state index contributed by atoms with van der Waals surface area (Å²) >= 11 is 0. The van der Waals surface area contributed by atoms with E-state index in [9.17, 15) is 4.79 Å². The number of methoxy groups -OCH3 is 1. The van der Waals surface area contributed by atoms with Crippen molar-refractivity contribution in [1.82, 2.24) is 0 Å². The van der Waals surface area contributed by atoms with Crippen molar-refractivity contribution in [2.45, 2.75) is 20.0 Å². The Morgan fingerprint density at radius 3 is 2.69 bits per heavy atom. The van der Waals surface area contributed by atoms with Gasteiger partial charge in [0.1, 0.15) is 12.3 Å². The fourth-order valence-electron chi connectivity index (χ4n) is 1.26. The number of hydrogen-bond donors (Lipinski definition) is 1. The smallest absolute Gasteiger partial charge is 0.325 e. The van der Waals surface area contributed by atoms with Gasteiger partial charge in [0.25, 0.3) is 0 Å². The van der Waals surface area contributed by atoms with Gasteiger partial charge in [-0.25, -0.2) is 0 Å². The van der Waals surface area contributed by atoms with Gasteiger partial charge in [0, 0.05) is 0 Å². The molecule has 16 heavy (non-hydrogen) atoms. The summed E-state index contributed by atoms with van der Waals surface area (Å²) < 4.78 is 10.1. The van der Waals surface area contributed by atoms with Crippen LogP contribution < -0.4 is 10.1 Å². The lowest BCUT2D eigenvalue weighted by Gasteiger charge is -2.11. The highest BCUT2D eigenvalue weighted by Crippen LogP contribution is 2.22. The third-order valence-electron chi connectivity index (χ3n) is 1.90. The number of ether oxygens (including phenoxy) is 2. The lowest BCUT2D eigenvalue weighted by atomic mass is 10.3. The average molecular weight is 223 g/mol. The normalized spacial score (nSPS) is 10.0. The second kappa shape index (κ2) is 6.00. The van der Waals surface area contributed by atoms with E-state index in [-0.39, 0.29) is 18.6 Å². The van der Waals surface area contributed by atoms with Crippen LogP contribution in [0.4, 0.5) is 5.69 Å². The molecule has 0 heterocycles. The largest absolute Gasteiger partial charge is 0.495 e. The first-order valence-corrected chi connectivity index (χ1v) is 5.20. The Labute approximate surface area is 95.6 Å². The first kappa shape index (κ1) is 12.4. The zero-order chi connectivity index (χ0) is 12.0. The topological polar surface area (TPSA) is 47.6 Å². The maximum Gasteiger partial charge on any atom is 0.325 e. The molecule has 0 aliphatic rings. The lowest BCUT2D eigenvalue weighted by molar-refractivity contribution is -0.145. The Hall–Kier alpha value is -1.71. The molecule has 0 spiro atoms. The van der Waals surface area contributed by atoms with E-state index in [2.05, 4.69) is 5.32 Å². The molecule has 0 aliphatic heterocycles. The summed E-state index contributed by atoms with van der Waals surface area (Å²) in [7, 11) is 1.59. The van der Waals surface area contributed by atoms with Gasteiger partial charge in [0.2, 0.25) is 0 Å². The van der Waals surface area contributed by atoms with Crippen molar-refractivity contribution in [3.63, 3.8) is 0 Å². The van der Waals surface area contributed by atoms with Gasteiger partial charge >= 0.3 is 5.97 Å². The minimum absolute atomic E-state index is 0.0908. The Kier molecular flexibility index (Phi) is 4.64. The van der Waals surface area contributed by atoms with E-state index in [0.717, 1.165) is 5.69 Å². The third kappa shape index (κ3) is 3.81. The van der Waals surface area contributed by atoms with Crippen LogP contribution in [0, 0.1) is 0 Å². The molecule has 1 N–H and O–H groups in total. The zero-order valence-electron chi connectivity index (χ0n) is 9.82. The number of esters is 1. The van der Waals surface area contributed by atoms with Crippen molar-refractivity contribution in [2.75, 3.05) is 19.0 Å². The summed E-state index contributed by atoms with van der Waals surface area (Å²) in [6.07, 6.45) is -0.0908. The van der Waals surface area contributed by atoms with Gasteiger partial charge in [-0.3, -0.25) is 4.79 Å². The van der Waals surface area contributed by atoms with E-state index >= 15 is 0 Å². The van der Waals surface area contributed by atoms with Crippen molar-refractivity contribution in [1.29, 1.82) is 0 Å². The molecule has 1 aromatic rings. The molecule has 4 heteroatoms. The van der Waals surface area contributed by atoms with Crippen LogP contribution in [0.5, 0.6) is 5.75 Å². The average Bonchev–Trinajstić information content (AvgIpc) is 2.26. The minimum atomic E-state index is -0.277. The lowest BCUT2D eigenvalue weighted by Crippen LogP contribution is -2.20. The minimum Gasteiger partial charge on any atom is -0.495 e. The molecule has 0 amide bonds. The van der Waals surface area contributed by atoms with Gasteiger partial charge in [-0.1, -0.05) is 12.1 Å². The maximum atomic E-state index is 11.3. The Morgan fingerprint density at radius 1 is 1.38 bits per heavy atom. The molecule has 0 aliphatic carbocycles. The number of anilines is 1. The van der Waals surface area contributed by atoms with Crippen LogP contribution in [-0.2, 0) is 9.53 Å². The number of carbonyl (C=O) groups is 1. The molecule has 0 atom stereocenters. The Bertz CT molecular complexity index is 350. The molecule has 0 saturated heterocycles. The first-order chi connectivity index (χ1) is 7.63. The quantitative estimate of drug-likeness (QED) is 0.776. The molecule has 0 aromatic heterocycles. The van der Waals surface area contributed by atoms with Crippen molar-refractivity contribution >= 4 is 11.7 Å². The summed E-state index contributed by atoms with van der Waals surface area (Å²) in [5, 5.41) is 2.97. The van der Waals surface area contributed by atoms with Crippen LogP contribution in [-0.4, -0.2) is 25.7 Å². The molecular weight excluding hydrogens is 206 g/mol. The van der Waals surface area contributed by atoms with E-state index < -0.39 is 0 Å². The maximum absolute atomic E-state index is 11.3. The van der Waals surface area contributed by atoms with E-state index in [1.54, 1.807) is 7.11 Å². The summed E-state index contributed by atoms with van der Waals surface area (Å²) in [4.78, 5) is 11.3. The highest BCUT2D eigenvalue weighted by atomic mass is 16.5. The van der Waals surface area contributed by atoms with Crippen LogP contribution >= 0.6 is 0 Å². The monoisotopic (exact) mass is 223 g/mol. The van der Waals surface area contributed by atoms with E-state index in [1.807, 2.05) is 38.1 Å². The second-order valence-corrected chi connectivity index (χ2v) is 3.59. The van der Waals surface area contributed by atoms with Crippen LogP contribution in [0.15, 0.2) is 24.3 Å². The summed E-state index contributed by atoms with van der Waals surface area (Å²) in [6.45, 7) is 3.78. The number of benzene rings is 1. The van der Waals surface area contributed by atoms with Crippen LogP contribution in [0.25, 0.3) is 0 Å². The molecule has 1 rings (SSSR count). The van der Waals surface area contributed by atoms with Gasteiger partial charge in [0.15, 0.2) is 0 Å². The summed E-state index contributed by atoms with van der Waals surface area (Å²) in [6, 6.07) is 7.42. The fourth-order valence-corrected chi connectivity index (χ4v) is 1.26. The first-order valence-electron chi connectivity index (χ1n) is 5.20. The fraction of sp³-hybridized carbons (Fsp3) is 0.417. The molecule has 88 valence electrons. The van der Waals surface area contributed by atoms with Crippen molar-refractivity contribution in [2.24, 2.45) is 0 Å². The Balaban J connectivity index is 2.51. The molecule has 1 aromatic carbocycles. The van der Waals surface area contributed by atoms with Gasteiger partial charge < -0.3 is 14.8 Å². The van der Waals surface area contributed by atoms with Crippen molar-refractivity contribution in [3.8, 4) is 5.75 Å². The molecular formula is C12H17NO3. The number of hydrogen-bond acceptors (Lipinski definition) is 4. The van der Waals surface area contributed by atoms with E-state index in [4.69, 9.17) is 9.47 Å². The molecule has 0 saturated carbocycles. The van der Waals surface area contributed by atoms with Gasteiger partial charge in [-0.05, 0) is 26.0 Å². The second-order valence-electron chi connectivity index (χ2n) is 3.59. The predicted molar refractivity (Wildman–Crippen MR) is 62.7 cm³/mol. The number of carbonyl (C=O) groups excluding carboxylic acids is 1. The number of nitrogens with one attached hydrogen (secondary N) is 1. The SMILES string of the molecule is COc1ccccc1NCC(=O)OC(C)C. The summed E-state index contributed by atoms with van der Waals surface area (Å²) in [5.74, 6) is 0.431. The standard InChI is InChI=1S/C12H17NO3/c1-9(2)16-12(14)8-13-10-6-4-5-7-11(10)15-3/h4-7,9,13H,8H2,1-3H3. The Morgan fingerprint density at radius 2 is 2.06 bits per heavy atom. The zero-order valence-corrected chi connectivity index (χ0v) is 9.82. The van der Waals surface area contributed by atoms with Gasteiger partial charge in [-0.15, -0.1) is 0 Å². The highest BCUT2D eigenvalue weighted by molar-refractivity contribution is 5.76.